The van der Waals surface area contributed by atoms with Crippen molar-refractivity contribution >= 4 is 15.8 Å². The predicted molar refractivity (Wildman–Crippen MR) is 52.5 cm³/mol. The average molecular weight is 229 g/mol. The Balaban J connectivity index is 2.47. The van der Waals surface area contributed by atoms with Gasteiger partial charge in [-0.05, 0) is 12.5 Å². The van der Waals surface area contributed by atoms with Gasteiger partial charge >= 0.3 is 5.97 Å². The van der Waals surface area contributed by atoms with E-state index in [-0.39, 0.29) is 4.90 Å². The SMILES string of the molecule is CS(=O)(=O)c1cc2n(c1)CCC2C(=O)O. The van der Waals surface area contributed by atoms with E-state index in [1.165, 1.54) is 12.3 Å². The zero-order valence-electron chi connectivity index (χ0n) is 8.17. The number of fused-ring (bicyclic) bond motifs is 1. The molecule has 1 unspecified atom stereocenters. The van der Waals surface area contributed by atoms with Crippen LogP contribution in [-0.4, -0.2) is 30.3 Å². The highest BCUT2D eigenvalue weighted by Gasteiger charge is 2.30. The van der Waals surface area contributed by atoms with Crippen molar-refractivity contribution in [3.05, 3.63) is 18.0 Å². The van der Waals surface area contributed by atoms with Gasteiger partial charge in [-0.3, -0.25) is 4.79 Å². The normalized spacial score (nSPS) is 20.2. The van der Waals surface area contributed by atoms with Gasteiger partial charge in [0.25, 0.3) is 0 Å². The van der Waals surface area contributed by atoms with E-state index >= 15 is 0 Å². The first-order valence-electron chi connectivity index (χ1n) is 4.52. The molecule has 2 heterocycles. The fourth-order valence-corrected chi connectivity index (χ4v) is 2.51. The molecule has 6 heteroatoms. The third-order valence-corrected chi connectivity index (χ3v) is 3.73. The highest BCUT2D eigenvalue weighted by atomic mass is 32.2. The number of aryl methyl sites for hydroxylation is 1. The highest BCUT2D eigenvalue weighted by Crippen LogP contribution is 2.31. The molecule has 1 aromatic heterocycles. The quantitative estimate of drug-likeness (QED) is 0.799. The van der Waals surface area contributed by atoms with Crippen LogP contribution in [0.2, 0.25) is 0 Å². The molecule has 2 rings (SSSR count). The van der Waals surface area contributed by atoms with Crippen LogP contribution in [0, 0.1) is 0 Å². The Kier molecular flexibility index (Phi) is 2.11. The fraction of sp³-hybridized carbons (Fsp3) is 0.444. The van der Waals surface area contributed by atoms with Crippen molar-refractivity contribution in [3.63, 3.8) is 0 Å². The van der Waals surface area contributed by atoms with E-state index in [0.29, 0.717) is 18.7 Å². The molecule has 0 spiro atoms. The molecular formula is C9H11NO4S. The lowest BCUT2D eigenvalue weighted by Gasteiger charge is -2.00. The van der Waals surface area contributed by atoms with Crippen LogP contribution in [-0.2, 0) is 21.2 Å². The van der Waals surface area contributed by atoms with Crippen molar-refractivity contribution < 1.29 is 18.3 Å². The van der Waals surface area contributed by atoms with Crippen molar-refractivity contribution in [1.29, 1.82) is 0 Å². The van der Waals surface area contributed by atoms with Gasteiger partial charge in [-0.25, -0.2) is 8.42 Å². The first-order chi connectivity index (χ1) is 6.89. The van der Waals surface area contributed by atoms with Gasteiger partial charge in [-0.1, -0.05) is 0 Å². The summed E-state index contributed by atoms with van der Waals surface area (Å²) in [5, 5.41) is 8.91. The number of rotatable bonds is 2. The molecular weight excluding hydrogens is 218 g/mol. The summed E-state index contributed by atoms with van der Waals surface area (Å²) in [5.74, 6) is -1.47. The summed E-state index contributed by atoms with van der Waals surface area (Å²) < 4.78 is 24.2. The second kappa shape index (κ2) is 3.10. The Morgan fingerprint density at radius 3 is 2.80 bits per heavy atom. The minimum Gasteiger partial charge on any atom is -0.481 e. The van der Waals surface area contributed by atoms with Crippen molar-refractivity contribution in [2.75, 3.05) is 6.26 Å². The molecule has 82 valence electrons. The Morgan fingerprint density at radius 1 is 1.60 bits per heavy atom. The first kappa shape index (κ1) is 10.2. The van der Waals surface area contributed by atoms with Crippen LogP contribution in [0.25, 0.3) is 0 Å². The Labute approximate surface area is 87.3 Å². The molecule has 1 aromatic rings. The highest BCUT2D eigenvalue weighted by molar-refractivity contribution is 7.90. The van der Waals surface area contributed by atoms with Crippen LogP contribution in [0.3, 0.4) is 0 Å². The van der Waals surface area contributed by atoms with Crippen LogP contribution in [0.15, 0.2) is 17.2 Å². The number of carboxylic acids is 1. The molecule has 0 amide bonds. The standard InChI is InChI=1S/C9H11NO4S/c1-15(13,14)6-4-8-7(9(11)12)2-3-10(8)5-6/h4-5,7H,2-3H2,1H3,(H,11,12). The molecule has 0 bridgehead atoms. The zero-order valence-corrected chi connectivity index (χ0v) is 8.99. The fourth-order valence-electron chi connectivity index (χ4n) is 1.86. The van der Waals surface area contributed by atoms with Gasteiger partial charge in [0.05, 0.1) is 10.8 Å². The molecule has 0 aromatic carbocycles. The third-order valence-electron chi connectivity index (χ3n) is 2.65. The van der Waals surface area contributed by atoms with Gasteiger partial charge in [-0.2, -0.15) is 0 Å². The van der Waals surface area contributed by atoms with Crippen LogP contribution in [0.4, 0.5) is 0 Å². The number of carbonyl (C=O) groups is 1. The lowest BCUT2D eigenvalue weighted by atomic mass is 10.1. The summed E-state index contributed by atoms with van der Waals surface area (Å²) in [7, 11) is -3.24. The monoisotopic (exact) mass is 229 g/mol. The number of nitrogens with zero attached hydrogens (tertiary/aromatic N) is 1. The summed E-state index contributed by atoms with van der Waals surface area (Å²) in [4.78, 5) is 11.1. The van der Waals surface area contributed by atoms with Crippen molar-refractivity contribution in [2.24, 2.45) is 0 Å². The van der Waals surface area contributed by atoms with Crippen LogP contribution in [0.5, 0.6) is 0 Å². The first-order valence-corrected chi connectivity index (χ1v) is 6.41. The molecule has 0 aliphatic carbocycles. The summed E-state index contributed by atoms with van der Waals surface area (Å²) in [6.45, 7) is 0.571. The van der Waals surface area contributed by atoms with Crippen LogP contribution in [0.1, 0.15) is 18.0 Å². The average Bonchev–Trinajstić information content (AvgIpc) is 2.56. The Hall–Kier alpha value is -1.30. The second-order valence-corrected chi connectivity index (χ2v) is 5.76. The number of aliphatic carboxylic acids is 1. The van der Waals surface area contributed by atoms with Crippen molar-refractivity contribution in [1.82, 2.24) is 4.57 Å². The summed E-state index contributed by atoms with van der Waals surface area (Å²) >= 11 is 0. The van der Waals surface area contributed by atoms with Gasteiger partial charge in [0.2, 0.25) is 0 Å². The van der Waals surface area contributed by atoms with E-state index in [2.05, 4.69) is 0 Å². The minimum absolute atomic E-state index is 0.198. The topological polar surface area (TPSA) is 76.4 Å². The number of hydrogen-bond donors (Lipinski definition) is 1. The van der Waals surface area contributed by atoms with E-state index in [1.54, 1.807) is 4.57 Å². The van der Waals surface area contributed by atoms with E-state index in [0.717, 1.165) is 6.26 Å². The predicted octanol–water partition coefficient (Wildman–Crippen LogP) is 0.464. The van der Waals surface area contributed by atoms with Gasteiger partial charge < -0.3 is 9.67 Å². The smallest absolute Gasteiger partial charge is 0.312 e. The van der Waals surface area contributed by atoms with Gasteiger partial charge in [0.1, 0.15) is 0 Å². The molecule has 0 saturated heterocycles. The molecule has 0 radical (unpaired) electrons. The minimum atomic E-state index is -3.24. The maximum Gasteiger partial charge on any atom is 0.312 e. The molecule has 15 heavy (non-hydrogen) atoms. The molecule has 1 atom stereocenters. The molecule has 1 N–H and O–H groups in total. The van der Waals surface area contributed by atoms with Gasteiger partial charge in [0.15, 0.2) is 9.84 Å². The molecule has 1 aliphatic rings. The van der Waals surface area contributed by atoms with Crippen molar-refractivity contribution in [2.45, 2.75) is 23.8 Å². The number of hydrogen-bond acceptors (Lipinski definition) is 3. The number of aromatic nitrogens is 1. The summed E-state index contributed by atoms with van der Waals surface area (Å²) in [5.41, 5.74) is 0.586. The van der Waals surface area contributed by atoms with Gasteiger partial charge in [0, 0.05) is 24.7 Å². The lowest BCUT2D eigenvalue weighted by Crippen LogP contribution is -2.07. The maximum atomic E-state index is 11.3. The van der Waals surface area contributed by atoms with Gasteiger partial charge in [-0.15, -0.1) is 0 Å². The van der Waals surface area contributed by atoms with Crippen LogP contribution < -0.4 is 0 Å². The molecule has 1 aliphatic heterocycles. The molecule has 0 saturated carbocycles. The summed E-state index contributed by atoms with van der Waals surface area (Å²) in [6, 6.07) is 1.46. The number of sulfone groups is 1. The summed E-state index contributed by atoms with van der Waals surface area (Å²) in [6.07, 6.45) is 3.16. The zero-order chi connectivity index (χ0) is 11.2. The van der Waals surface area contributed by atoms with E-state index < -0.39 is 21.7 Å². The molecule has 0 fully saturated rings. The Bertz CT molecular complexity index is 514. The Morgan fingerprint density at radius 2 is 2.27 bits per heavy atom. The van der Waals surface area contributed by atoms with Crippen molar-refractivity contribution in [3.8, 4) is 0 Å². The van der Waals surface area contributed by atoms with E-state index in [9.17, 15) is 13.2 Å². The van der Waals surface area contributed by atoms with E-state index in [4.69, 9.17) is 5.11 Å². The maximum absolute atomic E-state index is 11.3. The third kappa shape index (κ3) is 1.65. The molecule has 5 nitrogen and oxygen atoms in total. The van der Waals surface area contributed by atoms with Crippen LogP contribution >= 0.6 is 0 Å². The lowest BCUT2D eigenvalue weighted by molar-refractivity contribution is -0.138. The largest absolute Gasteiger partial charge is 0.481 e. The number of carboxylic acid groups (broad SMARTS) is 1. The second-order valence-electron chi connectivity index (χ2n) is 3.75. The van der Waals surface area contributed by atoms with E-state index in [1.807, 2.05) is 0 Å².